The van der Waals surface area contributed by atoms with Crippen molar-refractivity contribution in [3.63, 3.8) is 0 Å². The molecule has 1 heterocycles. The molecule has 230 valence electrons. The Morgan fingerprint density at radius 1 is 1.05 bits per heavy atom. The monoisotopic (exact) mass is 616 g/mol. The van der Waals surface area contributed by atoms with E-state index in [1.807, 2.05) is 0 Å². The third-order valence-electron chi connectivity index (χ3n) is 6.96. The largest absolute Gasteiger partial charge is 0.481 e. The molecule has 1 aliphatic rings. The van der Waals surface area contributed by atoms with E-state index in [9.17, 15) is 32.0 Å². The molecule has 14 heteroatoms. The maximum absolute atomic E-state index is 13.6. The highest BCUT2D eigenvalue weighted by atomic mass is 32.2. The summed E-state index contributed by atoms with van der Waals surface area (Å²) in [5.41, 5.74) is 2.07. The van der Waals surface area contributed by atoms with E-state index < -0.39 is 39.5 Å². The number of furan rings is 1. The molecular weight excluding hydrogens is 583 g/mol. The average molecular weight is 617 g/mol. The summed E-state index contributed by atoms with van der Waals surface area (Å²) < 4.78 is 46.8. The number of sulfonamides is 1. The predicted octanol–water partition coefficient (Wildman–Crippen LogP) is 2.73. The first-order chi connectivity index (χ1) is 20.4. The highest BCUT2D eigenvalue weighted by Gasteiger charge is 2.33. The van der Waals surface area contributed by atoms with Gasteiger partial charge in [0.2, 0.25) is 21.8 Å². The number of amides is 3. The maximum atomic E-state index is 13.6. The smallest absolute Gasteiger partial charge is 0.303 e. The van der Waals surface area contributed by atoms with Crippen LogP contribution in [0.4, 0.5) is 10.1 Å². The van der Waals surface area contributed by atoms with Crippen LogP contribution in [0.2, 0.25) is 0 Å². The van der Waals surface area contributed by atoms with Crippen molar-refractivity contribution in [2.45, 2.75) is 38.0 Å². The predicted molar refractivity (Wildman–Crippen MR) is 157 cm³/mol. The minimum atomic E-state index is -3.84. The van der Waals surface area contributed by atoms with Gasteiger partial charge in [0.25, 0.3) is 5.91 Å². The summed E-state index contributed by atoms with van der Waals surface area (Å²) in [6.07, 6.45) is 2.66. The SMILES string of the molecule is CNC(=O)c1c(-c2ccc(F)cc2)oc2cc(N(CCNC(=O)CNC(=O)CCCC(=O)O)S(C)(=O)=O)c(C3CC3)cc12. The van der Waals surface area contributed by atoms with E-state index in [4.69, 9.17) is 9.52 Å². The van der Waals surface area contributed by atoms with Crippen molar-refractivity contribution in [3.8, 4) is 11.3 Å². The number of carbonyl (C=O) groups is 4. The van der Waals surface area contributed by atoms with Crippen molar-refractivity contribution >= 4 is 50.4 Å². The van der Waals surface area contributed by atoms with Crippen LogP contribution in [0.1, 0.15) is 53.9 Å². The molecule has 0 saturated heterocycles. The minimum absolute atomic E-state index is 0.0366. The molecule has 1 fully saturated rings. The standard InChI is InChI=1S/C29H33FN4O8S/c1-31-29(39)27-21-14-20(17-6-7-17)22(15-23(21)42-28(27)18-8-10-19(30)11-9-18)34(43(2,40)41)13-12-32-25(36)16-33-24(35)4-3-5-26(37)38/h8-11,14-15,17H,3-7,12-13,16H2,1-2H3,(H,31,39)(H,32,36)(H,33,35)(H,37,38). The number of carbonyl (C=O) groups excluding carboxylic acids is 3. The van der Waals surface area contributed by atoms with Crippen molar-refractivity contribution in [2.24, 2.45) is 0 Å². The molecule has 43 heavy (non-hydrogen) atoms. The van der Waals surface area contributed by atoms with Crippen molar-refractivity contribution in [2.75, 3.05) is 37.2 Å². The van der Waals surface area contributed by atoms with Gasteiger partial charge < -0.3 is 25.5 Å². The Kier molecular flexibility index (Phi) is 9.69. The van der Waals surface area contributed by atoms with Crippen molar-refractivity contribution in [3.05, 3.63) is 53.3 Å². The van der Waals surface area contributed by atoms with E-state index in [1.165, 1.54) is 35.6 Å². The average Bonchev–Trinajstić information content (AvgIpc) is 3.73. The zero-order valence-electron chi connectivity index (χ0n) is 23.7. The number of rotatable bonds is 14. The molecule has 0 bridgehead atoms. The highest BCUT2D eigenvalue weighted by molar-refractivity contribution is 7.92. The fourth-order valence-electron chi connectivity index (χ4n) is 4.73. The molecule has 0 atom stereocenters. The molecule has 0 radical (unpaired) electrons. The fourth-order valence-corrected chi connectivity index (χ4v) is 5.67. The van der Waals surface area contributed by atoms with Crippen LogP contribution < -0.4 is 20.3 Å². The third kappa shape index (κ3) is 7.89. The first kappa shape index (κ1) is 31.5. The summed E-state index contributed by atoms with van der Waals surface area (Å²) in [5, 5.41) is 16.7. The Labute approximate surface area is 247 Å². The second kappa shape index (κ2) is 13.2. The fraction of sp³-hybridized carbons (Fsp3) is 0.379. The zero-order chi connectivity index (χ0) is 31.3. The van der Waals surface area contributed by atoms with Gasteiger partial charge in [-0.15, -0.1) is 0 Å². The van der Waals surface area contributed by atoms with Crippen molar-refractivity contribution in [1.29, 1.82) is 0 Å². The van der Waals surface area contributed by atoms with Gasteiger partial charge >= 0.3 is 5.97 Å². The molecule has 4 rings (SSSR count). The second-order valence-corrected chi connectivity index (χ2v) is 12.2. The van der Waals surface area contributed by atoms with Crippen molar-refractivity contribution < 1.29 is 41.5 Å². The number of carboxylic acid groups (broad SMARTS) is 1. The lowest BCUT2D eigenvalue weighted by Crippen LogP contribution is -2.42. The first-order valence-electron chi connectivity index (χ1n) is 13.7. The number of fused-ring (bicyclic) bond motifs is 1. The number of anilines is 1. The van der Waals surface area contributed by atoms with Crippen molar-refractivity contribution in [1.82, 2.24) is 16.0 Å². The first-order valence-corrected chi connectivity index (χ1v) is 15.5. The number of nitrogens with one attached hydrogen (secondary N) is 3. The Bertz CT molecular complexity index is 1650. The number of halogens is 1. The van der Waals surface area contributed by atoms with E-state index in [0.29, 0.717) is 16.6 Å². The molecule has 1 saturated carbocycles. The normalized spacial score (nSPS) is 13.0. The number of nitrogens with zero attached hydrogens (tertiary/aromatic N) is 1. The molecule has 1 aromatic heterocycles. The van der Waals surface area contributed by atoms with Gasteiger partial charge in [-0.25, -0.2) is 12.8 Å². The van der Waals surface area contributed by atoms with Crippen LogP contribution in [0.25, 0.3) is 22.3 Å². The summed E-state index contributed by atoms with van der Waals surface area (Å²) in [5.74, 6) is -2.60. The molecule has 3 amide bonds. The molecule has 0 unspecified atom stereocenters. The summed E-state index contributed by atoms with van der Waals surface area (Å²) in [6, 6.07) is 8.82. The van der Waals surface area contributed by atoms with Crippen LogP contribution in [-0.4, -0.2) is 70.2 Å². The van der Waals surface area contributed by atoms with E-state index in [2.05, 4.69) is 16.0 Å². The summed E-state index contributed by atoms with van der Waals surface area (Å²) in [7, 11) is -2.35. The number of hydrogen-bond donors (Lipinski definition) is 4. The van der Waals surface area contributed by atoms with Gasteiger partial charge in [-0.05, 0) is 61.1 Å². The Morgan fingerprint density at radius 3 is 2.35 bits per heavy atom. The second-order valence-electron chi connectivity index (χ2n) is 10.3. The van der Waals surface area contributed by atoms with Gasteiger partial charge in [-0.2, -0.15) is 0 Å². The van der Waals surface area contributed by atoms with Gasteiger partial charge in [0, 0.05) is 43.5 Å². The lowest BCUT2D eigenvalue weighted by molar-refractivity contribution is -0.137. The van der Waals surface area contributed by atoms with Crippen LogP contribution in [0.5, 0.6) is 0 Å². The number of benzene rings is 2. The molecule has 1 aliphatic carbocycles. The van der Waals surface area contributed by atoms with Crippen LogP contribution >= 0.6 is 0 Å². The van der Waals surface area contributed by atoms with E-state index >= 15 is 0 Å². The Hall–Kier alpha value is -4.46. The van der Waals surface area contributed by atoms with Gasteiger partial charge in [-0.3, -0.25) is 23.5 Å². The summed E-state index contributed by atoms with van der Waals surface area (Å²) in [6.45, 7) is -0.521. The quantitative estimate of drug-likeness (QED) is 0.214. The lowest BCUT2D eigenvalue weighted by Gasteiger charge is -2.25. The molecule has 0 spiro atoms. The summed E-state index contributed by atoms with van der Waals surface area (Å²) >= 11 is 0. The molecule has 4 N–H and O–H groups in total. The molecule has 0 aliphatic heterocycles. The van der Waals surface area contributed by atoms with Crippen LogP contribution in [-0.2, 0) is 24.4 Å². The van der Waals surface area contributed by atoms with Gasteiger partial charge in [0.05, 0.1) is 30.6 Å². The minimum Gasteiger partial charge on any atom is -0.481 e. The van der Waals surface area contributed by atoms with E-state index in [0.717, 1.165) is 24.7 Å². The third-order valence-corrected chi connectivity index (χ3v) is 8.14. The Morgan fingerprint density at radius 2 is 1.74 bits per heavy atom. The zero-order valence-corrected chi connectivity index (χ0v) is 24.6. The van der Waals surface area contributed by atoms with E-state index in [-0.39, 0.29) is 61.7 Å². The maximum Gasteiger partial charge on any atom is 0.303 e. The lowest BCUT2D eigenvalue weighted by atomic mass is 10.0. The Balaban J connectivity index is 1.58. The van der Waals surface area contributed by atoms with Gasteiger partial charge in [-0.1, -0.05) is 0 Å². The van der Waals surface area contributed by atoms with Crippen LogP contribution in [0.15, 0.2) is 40.8 Å². The molecular formula is C29H33FN4O8S. The summed E-state index contributed by atoms with van der Waals surface area (Å²) in [4.78, 5) is 47.6. The number of hydrogen-bond acceptors (Lipinski definition) is 7. The van der Waals surface area contributed by atoms with E-state index in [1.54, 1.807) is 12.1 Å². The van der Waals surface area contributed by atoms with Gasteiger partial charge in [0.1, 0.15) is 17.2 Å². The molecule has 3 aromatic rings. The topological polar surface area (TPSA) is 175 Å². The molecule has 2 aromatic carbocycles. The highest BCUT2D eigenvalue weighted by Crippen LogP contribution is 2.48. The number of aliphatic carboxylic acids is 1. The van der Waals surface area contributed by atoms with Gasteiger partial charge in [0.15, 0.2) is 0 Å². The number of carboxylic acids is 1. The molecule has 12 nitrogen and oxygen atoms in total. The van der Waals surface area contributed by atoms with Crippen LogP contribution in [0, 0.1) is 5.82 Å². The van der Waals surface area contributed by atoms with Crippen LogP contribution in [0.3, 0.4) is 0 Å².